The van der Waals surface area contributed by atoms with E-state index in [4.69, 9.17) is 18.0 Å². The highest BCUT2D eigenvalue weighted by molar-refractivity contribution is 8.26. The Hall–Kier alpha value is -2.12. The summed E-state index contributed by atoms with van der Waals surface area (Å²) in [5.41, 5.74) is 7.02. The van der Waals surface area contributed by atoms with Gasteiger partial charge in [-0.2, -0.15) is 0 Å². The number of carbonyl (C=O) groups is 2. The largest absolute Gasteiger partial charge is 0.368 e. The number of fused-ring (bicyclic) bond motifs is 1. The number of nitrogens with two attached hydrogens (primary N) is 1. The Morgan fingerprint density at radius 1 is 1.43 bits per heavy atom. The molecule has 21 heavy (non-hydrogen) atoms. The highest BCUT2D eigenvalue weighted by Crippen LogP contribution is 2.29. The van der Waals surface area contributed by atoms with Crippen molar-refractivity contribution < 1.29 is 9.59 Å². The number of benzene rings is 1. The summed E-state index contributed by atoms with van der Waals surface area (Å²) in [7, 11) is 0. The van der Waals surface area contributed by atoms with Crippen LogP contribution in [0.4, 0.5) is 0 Å². The van der Waals surface area contributed by atoms with Crippen molar-refractivity contribution in [3.05, 3.63) is 40.9 Å². The van der Waals surface area contributed by atoms with Crippen molar-refractivity contribution in [1.82, 2.24) is 9.88 Å². The smallest absolute Gasteiger partial charge is 0.263 e. The topological polar surface area (TPSA) is 77.1 Å². The molecule has 1 fully saturated rings. The van der Waals surface area contributed by atoms with Crippen LogP contribution in [0.15, 0.2) is 35.4 Å². The number of amides is 2. The quantitative estimate of drug-likeness (QED) is 0.666. The predicted molar refractivity (Wildman–Crippen MR) is 87.4 cm³/mol. The Morgan fingerprint density at radius 2 is 2.19 bits per heavy atom. The highest BCUT2D eigenvalue weighted by Gasteiger charge is 2.22. The summed E-state index contributed by atoms with van der Waals surface area (Å²) in [6.45, 7) is 0.0986. The van der Waals surface area contributed by atoms with E-state index in [-0.39, 0.29) is 12.5 Å². The van der Waals surface area contributed by atoms with Crippen molar-refractivity contribution in [2.45, 2.75) is 6.54 Å². The SMILES string of the molecule is NC(=O)Cn1cc(C=C2SC(=S)NC2=O)c2ccccc21. The molecule has 2 heterocycles. The van der Waals surface area contributed by atoms with Crippen molar-refractivity contribution in [3.8, 4) is 0 Å². The van der Waals surface area contributed by atoms with Crippen LogP contribution < -0.4 is 11.1 Å². The third-order valence-electron chi connectivity index (χ3n) is 3.07. The second-order valence-electron chi connectivity index (χ2n) is 4.55. The van der Waals surface area contributed by atoms with E-state index >= 15 is 0 Å². The molecule has 106 valence electrons. The molecule has 2 aromatic rings. The molecule has 0 unspecified atom stereocenters. The Balaban J connectivity index is 2.11. The van der Waals surface area contributed by atoms with Crippen LogP contribution in [0.1, 0.15) is 5.56 Å². The fraction of sp³-hybridized carbons (Fsp3) is 0.0714. The van der Waals surface area contributed by atoms with Gasteiger partial charge in [-0.05, 0) is 12.1 Å². The maximum absolute atomic E-state index is 11.7. The van der Waals surface area contributed by atoms with Crippen LogP contribution in [0.2, 0.25) is 0 Å². The molecular formula is C14H11N3O2S2. The Morgan fingerprint density at radius 3 is 2.86 bits per heavy atom. The van der Waals surface area contributed by atoms with Gasteiger partial charge in [0.15, 0.2) is 0 Å². The summed E-state index contributed by atoms with van der Waals surface area (Å²) in [6, 6.07) is 7.65. The summed E-state index contributed by atoms with van der Waals surface area (Å²) in [5.74, 6) is -0.610. The molecule has 0 radical (unpaired) electrons. The van der Waals surface area contributed by atoms with E-state index in [1.54, 1.807) is 10.6 Å². The second kappa shape index (κ2) is 5.34. The molecule has 1 aliphatic heterocycles. The number of thioether (sulfide) groups is 1. The van der Waals surface area contributed by atoms with Gasteiger partial charge in [0, 0.05) is 22.7 Å². The average Bonchev–Trinajstić information content (AvgIpc) is 2.91. The maximum Gasteiger partial charge on any atom is 0.263 e. The number of nitrogens with one attached hydrogen (secondary N) is 1. The van der Waals surface area contributed by atoms with E-state index in [0.717, 1.165) is 16.5 Å². The summed E-state index contributed by atoms with van der Waals surface area (Å²) in [6.07, 6.45) is 3.59. The molecule has 0 saturated carbocycles. The predicted octanol–water partition coefficient (Wildman–Crippen LogP) is 1.62. The first-order valence-corrected chi connectivity index (χ1v) is 7.38. The summed E-state index contributed by atoms with van der Waals surface area (Å²) < 4.78 is 2.23. The van der Waals surface area contributed by atoms with Gasteiger partial charge in [0.25, 0.3) is 5.91 Å². The van der Waals surface area contributed by atoms with E-state index in [1.807, 2.05) is 30.5 Å². The molecule has 0 atom stereocenters. The Labute approximate surface area is 130 Å². The fourth-order valence-corrected chi connectivity index (χ4v) is 3.29. The van der Waals surface area contributed by atoms with Gasteiger partial charge in [-0.15, -0.1) is 0 Å². The third kappa shape index (κ3) is 2.70. The number of hydrogen-bond acceptors (Lipinski definition) is 4. The van der Waals surface area contributed by atoms with Gasteiger partial charge in [-0.1, -0.05) is 42.2 Å². The van der Waals surface area contributed by atoms with Crippen molar-refractivity contribution in [1.29, 1.82) is 0 Å². The monoisotopic (exact) mass is 317 g/mol. The maximum atomic E-state index is 11.7. The Bertz CT molecular complexity index is 808. The zero-order valence-electron chi connectivity index (χ0n) is 10.8. The van der Waals surface area contributed by atoms with Crippen LogP contribution in [0.3, 0.4) is 0 Å². The van der Waals surface area contributed by atoms with Crippen LogP contribution in [-0.4, -0.2) is 20.7 Å². The van der Waals surface area contributed by atoms with E-state index in [9.17, 15) is 9.59 Å². The minimum absolute atomic E-state index is 0.0986. The molecule has 1 aromatic heterocycles. The number of aromatic nitrogens is 1. The van der Waals surface area contributed by atoms with Crippen LogP contribution >= 0.6 is 24.0 Å². The van der Waals surface area contributed by atoms with Crippen LogP contribution in [0, 0.1) is 0 Å². The number of nitrogens with zero attached hydrogens (tertiary/aromatic N) is 1. The number of hydrogen-bond donors (Lipinski definition) is 2. The molecular weight excluding hydrogens is 306 g/mol. The first kappa shape index (κ1) is 13.8. The minimum Gasteiger partial charge on any atom is -0.368 e. The first-order chi connectivity index (χ1) is 10.0. The lowest BCUT2D eigenvalue weighted by atomic mass is 10.1. The van der Waals surface area contributed by atoms with Crippen molar-refractivity contribution in [2.24, 2.45) is 5.73 Å². The summed E-state index contributed by atoms with van der Waals surface area (Å²) >= 11 is 6.20. The lowest BCUT2D eigenvalue weighted by molar-refractivity contribution is -0.118. The summed E-state index contributed by atoms with van der Waals surface area (Å²) in [5, 5.41) is 3.54. The van der Waals surface area contributed by atoms with Gasteiger partial charge in [0.1, 0.15) is 10.9 Å². The molecule has 7 heteroatoms. The standard InChI is InChI=1S/C14H11N3O2S2/c15-12(18)7-17-6-8(9-3-1-2-4-10(9)17)5-11-13(19)16-14(20)21-11/h1-6H,7H2,(H2,15,18)(H,16,19,20). The lowest BCUT2D eigenvalue weighted by Crippen LogP contribution is -2.18. The van der Waals surface area contributed by atoms with Gasteiger partial charge < -0.3 is 15.6 Å². The molecule has 0 bridgehead atoms. The van der Waals surface area contributed by atoms with Crippen LogP contribution in [0.25, 0.3) is 17.0 Å². The number of primary amides is 1. The molecule has 1 aliphatic rings. The Kier molecular flexibility index (Phi) is 3.52. The fourth-order valence-electron chi connectivity index (χ4n) is 2.25. The number of carbonyl (C=O) groups excluding carboxylic acids is 2. The van der Waals surface area contributed by atoms with Gasteiger partial charge in [-0.3, -0.25) is 9.59 Å². The van der Waals surface area contributed by atoms with Crippen molar-refractivity contribution in [3.63, 3.8) is 0 Å². The van der Waals surface area contributed by atoms with E-state index in [2.05, 4.69) is 5.32 Å². The van der Waals surface area contributed by atoms with Crippen LogP contribution in [0.5, 0.6) is 0 Å². The van der Waals surface area contributed by atoms with Gasteiger partial charge in [0.2, 0.25) is 5.91 Å². The van der Waals surface area contributed by atoms with E-state index in [0.29, 0.717) is 9.23 Å². The lowest BCUT2D eigenvalue weighted by Gasteiger charge is -2.00. The average molecular weight is 317 g/mol. The van der Waals surface area contributed by atoms with Gasteiger partial charge in [0.05, 0.1) is 4.91 Å². The van der Waals surface area contributed by atoms with E-state index in [1.165, 1.54) is 11.8 Å². The second-order valence-corrected chi connectivity index (χ2v) is 6.27. The molecule has 3 N–H and O–H groups in total. The highest BCUT2D eigenvalue weighted by atomic mass is 32.2. The van der Waals surface area contributed by atoms with Crippen molar-refractivity contribution >= 4 is 57.1 Å². The third-order valence-corrected chi connectivity index (χ3v) is 4.24. The minimum atomic E-state index is -0.413. The number of rotatable bonds is 3. The van der Waals surface area contributed by atoms with Gasteiger partial charge in [-0.25, -0.2) is 0 Å². The number of thiocarbonyl (C=S) groups is 1. The van der Waals surface area contributed by atoms with Gasteiger partial charge >= 0.3 is 0 Å². The molecule has 0 spiro atoms. The number of para-hydroxylation sites is 1. The molecule has 5 nitrogen and oxygen atoms in total. The zero-order valence-corrected chi connectivity index (χ0v) is 12.5. The molecule has 3 rings (SSSR count). The van der Waals surface area contributed by atoms with Crippen molar-refractivity contribution in [2.75, 3.05) is 0 Å². The molecule has 1 aromatic carbocycles. The summed E-state index contributed by atoms with van der Waals surface area (Å²) in [4.78, 5) is 23.4. The zero-order chi connectivity index (χ0) is 15.0. The first-order valence-electron chi connectivity index (χ1n) is 6.15. The normalized spacial score (nSPS) is 16.7. The molecule has 1 saturated heterocycles. The molecule has 0 aliphatic carbocycles. The van der Waals surface area contributed by atoms with E-state index < -0.39 is 5.91 Å². The molecule has 2 amide bonds. The van der Waals surface area contributed by atoms with Crippen LogP contribution in [-0.2, 0) is 16.1 Å².